The molecule has 0 fully saturated rings. The van der Waals surface area contributed by atoms with Gasteiger partial charge in [0.1, 0.15) is 5.75 Å². The van der Waals surface area contributed by atoms with Crippen LogP contribution in [0.25, 0.3) is 0 Å². The standard InChI is InChI=1S/C11H17NO2.ClH/c1-9(13)7-12-8-10-5-3-4-6-11(10)14-2;/h3-6,9,12-13H,7-8H2,1-2H3;1H. The van der Waals surface area contributed by atoms with Gasteiger partial charge in [0.15, 0.2) is 0 Å². The molecule has 1 atom stereocenters. The summed E-state index contributed by atoms with van der Waals surface area (Å²) in [6.07, 6.45) is -0.315. The number of para-hydroxylation sites is 1. The highest BCUT2D eigenvalue weighted by Gasteiger charge is 2.01. The maximum Gasteiger partial charge on any atom is 0.123 e. The van der Waals surface area contributed by atoms with Gasteiger partial charge in [-0.3, -0.25) is 0 Å². The Kier molecular flexibility index (Phi) is 7.13. The molecule has 0 aromatic heterocycles. The van der Waals surface area contributed by atoms with Crippen LogP contribution in [0.2, 0.25) is 0 Å². The molecular formula is C11H18ClNO2. The van der Waals surface area contributed by atoms with Crippen LogP contribution in [0.4, 0.5) is 0 Å². The number of hydrogen-bond donors (Lipinski definition) is 2. The molecule has 1 unspecified atom stereocenters. The van der Waals surface area contributed by atoms with E-state index in [9.17, 15) is 0 Å². The molecule has 86 valence electrons. The lowest BCUT2D eigenvalue weighted by Crippen LogP contribution is -2.24. The second kappa shape index (κ2) is 7.51. The largest absolute Gasteiger partial charge is 0.496 e. The molecule has 15 heavy (non-hydrogen) atoms. The average molecular weight is 232 g/mol. The van der Waals surface area contributed by atoms with E-state index in [2.05, 4.69) is 5.32 Å². The Morgan fingerprint density at radius 3 is 2.67 bits per heavy atom. The SMILES string of the molecule is COc1ccccc1CNCC(C)O.Cl. The van der Waals surface area contributed by atoms with Crippen molar-refractivity contribution >= 4 is 12.4 Å². The Labute approximate surface area is 96.9 Å². The van der Waals surface area contributed by atoms with Crippen LogP contribution in [0.15, 0.2) is 24.3 Å². The van der Waals surface area contributed by atoms with Gasteiger partial charge in [-0.15, -0.1) is 12.4 Å². The molecule has 2 N–H and O–H groups in total. The average Bonchev–Trinajstić information content (AvgIpc) is 2.18. The summed E-state index contributed by atoms with van der Waals surface area (Å²) in [5, 5.41) is 12.2. The number of rotatable bonds is 5. The second-order valence-corrected chi connectivity index (χ2v) is 3.29. The van der Waals surface area contributed by atoms with Crippen LogP contribution >= 0.6 is 12.4 Å². The first kappa shape index (κ1) is 14.2. The topological polar surface area (TPSA) is 41.5 Å². The number of hydrogen-bond acceptors (Lipinski definition) is 3. The molecule has 4 heteroatoms. The van der Waals surface area contributed by atoms with Crippen LogP contribution in [-0.4, -0.2) is 24.9 Å². The van der Waals surface area contributed by atoms with E-state index in [1.807, 2.05) is 24.3 Å². The number of aliphatic hydroxyl groups is 1. The zero-order valence-corrected chi connectivity index (χ0v) is 9.88. The third-order valence-corrected chi connectivity index (χ3v) is 1.95. The molecule has 3 nitrogen and oxygen atoms in total. The Morgan fingerprint density at radius 2 is 2.07 bits per heavy atom. The first-order valence-corrected chi connectivity index (χ1v) is 4.74. The molecule has 0 saturated heterocycles. The van der Waals surface area contributed by atoms with Crippen molar-refractivity contribution in [3.63, 3.8) is 0 Å². The van der Waals surface area contributed by atoms with E-state index in [0.29, 0.717) is 6.54 Å². The van der Waals surface area contributed by atoms with Crippen LogP contribution in [0.3, 0.4) is 0 Å². The van der Waals surface area contributed by atoms with E-state index in [1.165, 1.54) is 0 Å². The van der Waals surface area contributed by atoms with E-state index >= 15 is 0 Å². The minimum absolute atomic E-state index is 0. The molecule has 0 heterocycles. The normalized spacial score (nSPS) is 11.7. The highest BCUT2D eigenvalue weighted by atomic mass is 35.5. The van der Waals surface area contributed by atoms with Crippen LogP contribution < -0.4 is 10.1 Å². The molecule has 1 aromatic rings. The second-order valence-electron chi connectivity index (χ2n) is 3.29. The quantitative estimate of drug-likeness (QED) is 0.809. The zero-order valence-electron chi connectivity index (χ0n) is 9.06. The molecule has 0 aliphatic heterocycles. The molecule has 0 saturated carbocycles. The highest BCUT2D eigenvalue weighted by Crippen LogP contribution is 2.16. The highest BCUT2D eigenvalue weighted by molar-refractivity contribution is 5.85. The Balaban J connectivity index is 0.00000196. The summed E-state index contributed by atoms with van der Waals surface area (Å²) in [4.78, 5) is 0. The van der Waals surface area contributed by atoms with Crippen molar-refractivity contribution in [2.75, 3.05) is 13.7 Å². The van der Waals surface area contributed by atoms with Crippen molar-refractivity contribution in [1.29, 1.82) is 0 Å². The first-order chi connectivity index (χ1) is 6.74. The van der Waals surface area contributed by atoms with E-state index in [4.69, 9.17) is 9.84 Å². The van der Waals surface area contributed by atoms with Crippen molar-refractivity contribution in [3.8, 4) is 5.75 Å². The Bertz CT molecular complexity index is 279. The fraction of sp³-hybridized carbons (Fsp3) is 0.455. The molecule has 0 amide bonds. The fourth-order valence-electron chi connectivity index (χ4n) is 1.26. The Morgan fingerprint density at radius 1 is 1.40 bits per heavy atom. The van der Waals surface area contributed by atoms with Gasteiger partial charge in [0.25, 0.3) is 0 Å². The van der Waals surface area contributed by atoms with Gasteiger partial charge >= 0.3 is 0 Å². The van der Waals surface area contributed by atoms with E-state index < -0.39 is 0 Å². The molecule has 1 rings (SSSR count). The summed E-state index contributed by atoms with van der Waals surface area (Å²) in [5.41, 5.74) is 1.11. The molecule has 1 aromatic carbocycles. The summed E-state index contributed by atoms with van der Waals surface area (Å²) < 4.78 is 5.20. The maximum absolute atomic E-state index is 9.06. The number of nitrogens with one attached hydrogen (secondary N) is 1. The maximum atomic E-state index is 9.06. The molecule has 0 radical (unpaired) electrons. The predicted molar refractivity (Wildman–Crippen MR) is 63.6 cm³/mol. The van der Waals surface area contributed by atoms with Crippen LogP contribution in [0.1, 0.15) is 12.5 Å². The van der Waals surface area contributed by atoms with Gasteiger partial charge in [0.05, 0.1) is 13.2 Å². The summed E-state index contributed by atoms with van der Waals surface area (Å²) in [5.74, 6) is 0.880. The molecule has 0 bridgehead atoms. The van der Waals surface area contributed by atoms with Gasteiger partial charge in [-0.25, -0.2) is 0 Å². The summed E-state index contributed by atoms with van der Waals surface area (Å²) in [6, 6.07) is 7.85. The van der Waals surface area contributed by atoms with Gasteiger partial charge in [-0.1, -0.05) is 18.2 Å². The lowest BCUT2D eigenvalue weighted by molar-refractivity contribution is 0.191. The minimum Gasteiger partial charge on any atom is -0.496 e. The summed E-state index contributed by atoms with van der Waals surface area (Å²) >= 11 is 0. The van der Waals surface area contributed by atoms with Crippen LogP contribution in [0.5, 0.6) is 5.75 Å². The van der Waals surface area contributed by atoms with E-state index in [-0.39, 0.29) is 18.5 Å². The summed E-state index contributed by atoms with van der Waals surface area (Å²) in [7, 11) is 1.66. The van der Waals surface area contributed by atoms with Gasteiger partial charge in [-0.05, 0) is 13.0 Å². The first-order valence-electron chi connectivity index (χ1n) is 4.74. The third-order valence-electron chi connectivity index (χ3n) is 1.95. The monoisotopic (exact) mass is 231 g/mol. The number of benzene rings is 1. The van der Waals surface area contributed by atoms with Gasteiger partial charge < -0.3 is 15.2 Å². The van der Waals surface area contributed by atoms with Gasteiger partial charge in [0.2, 0.25) is 0 Å². The minimum atomic E-state index is -0.315. The number of halogens is 1. The molecule has 0 aliphatic rings. The van der Waals surface area contributed by atoms with Crippen LogP contribution in [-0.2, 0) is 6.54 Å². The van der Waals surface area contributed by atoms with Crippen molar-refractivity contribution < 1.29 is 9.84 Å². The van der Waals surface area contributed by atoms with Crippen LogP contribution in [0, 0.1) is 0 Å². The van der Waals surface area contributed by atoms with Gasteiger partial charge in [-0.2, -0.15) is 0 Å². The van der Waals surface area contributed by atoms with E-state index in [0.717, 1.165) is 17.9 Å². The molecular weight excluding hydrogens is 214 g/mol. The predicted octanol–water partition coefficient (Wildman–Crippen LogP) is 1.59. The van der Waals surface area contributed by atoms with Crippen molar-refractivity contribution in [3.05, 3.63) is 29.8 Å². The smallest absolute Gasteiger partial charge is 0.123 e. The van der Waals surface area contributed by atoms with Crippen molar-refractivity contribution in [2.24, 2.45) is 0 Å². The number of methoxy groups -OCH3 is 1. The van der Waals surface area contributed by atoms with Crippen molar-refractivity contribution in [2.45, 2.75) is 19.6 Å². The summed E-state index contributed by atoms with van der Waals surface area (Å²) in [6.45, 7) is 3.07. The Hall–Kier alpha value is -0.770. The number of aliphatic hydroxyl groups excluding tert-OH is 1. The zero-order chi connectivity index (χ0) is 10.4. The molecule has 0 spiro atoms. The van der Waals surface area contributed by atoms with Crippen molar-refractivity contribution in [1.82, 2.24) is 5.32 Å². The molecule has 0 aliphatic carbocycles. The number of ether oxygens (including phenoxy) is 1. The lowest BCUT2D eigenvalue weighted by Gasteiger charge is -2.10. The lowest BCUT2D eigenvalue weighted by atomic mass is 10.2. The van der Waals surface area contributed by atoms with E-state index in [1.54, 1.807) is 14.0 Å². The third kappa shape index (κ3) is 5.02. The fourth-order valence-corrected chi connectivity index (χ4v) is 1.26. The van der Waals surface area contributed by atoms with Gasteiger partial charge in [0, 0.05) is 18.7 Å².